The van der Waals surface area contributed by atoms with Crippen LogP contribution in [0.4, 0.5) is 0 Å². The van der Waals surface area contributed by atoms with Crippen LogP contribution in [0, 0.1) is 0 Å². The third kappa shape index (κ3) is 3.82. The van der Waals surface area contributed by atoms with Crippen LogP contribution < -0.4 is 4.74 Å². The van der Waals surface area contributed by atoms with Gasteiger partial charge in [-0.3, -0.25) is 0 Å². The van der Waals surface area contributed by atoms with Crippen molar-refractivity contribution in [2.75, 3.05) is 0 Å². The van der Waals surface area contributed by atoms with Gasteiger partial charge in [-0.05, 0) is 24.1 Å². The van der Waals surface area contributed by atoms with E-state index in [2.05, 4.69) is 16.9 Å². The number of rotatable bonds is 5. The highest BCUT2D eigenvalue weighted by Crippen LogP contribution is 2.24. The van der Waals surface area contributed by atoms with Crippen molar-refractivity contribution in [1.82, 2.24) is 9.97 Å². The lowest BCUT2D eigenvalue weighted by atomic mass is 10.2. The van der Waals surface area contributed by atoms with Crippen LogP contribution in [0.3, 0.4) is 0 Å². The highest BCUT2D eigenvalue weighted by molar-refractivity contribution is 6.30. The van der Waals surface area contributed by atoms with Gasteiger partial charge < -0.3 is 4.74 Å². The molecule has 0 unspecified atom stereocenters. The van der Waals surface area contributed by atoms with E-state index in [1.54, 1.807) is 0 Å². The second-order valence-electron chi connectivity index (χ2n) is 4.12. The maximum absolute atomic E-state index is 6.06. The van der Waals surface area contributed by atoms with E-state index in [0.717, 1.165) is 24.0 Å². The number of hydrogen-bond donors (Lipinski definition) is 0. The molecule has 0 saturated heterocycles. The van der Waals surface area contributed by atoms with Crippen molar-refractivity contribution in [3.63, 3.8) is 0 Å². The summed E-state index contributed by atoms with van der Waals surface area (Å²) < 4.78 is 5.72. The Morgan fingerprint density at radius 3 is 2.79 bits per heavy atom. The highest BCUT2D eigenvalue weighted by Gasteiger charge is 2.10. The number of halogens is 2. The molecule has 0 atom stereocenters. The number of aromatic nitrogens is 2. The van der Waals surface area contributed by atoms with Gasteiger partial charge in [0.15, 0.2) is 0 Å². The molecule has 0 spiro atoms. The molecule has 19 heavy (non-hydrogen) atoms. The molecule has 2 rings (SSSR count). The Kier molecular flexibility index (Phi) is 5.00. The SMILES string of the molecule is CCCc1c(Cl)ncnc1OCc1cccc(Cl)c1. The Bertz CT molecular complexity index is 561. The first-order valence-electron chi connectivity index (χ1n) is 6.07. The van der Waals surface area contributed by atoms with Crippen LogP contribution in [0.1, 0.15) is 24.5 Å². The maximum atomic E-state index is 6.06. The molecule has 1 aromatic carbocycles. The van der Waals surface area contributed by atoms with Gasteiger partial charge in [0.1, 0.15) is 18.1 Å². The Morgan fingerprint density at radius 2 is 2.05 bits per heavy atom. The molecular weight excluding hydrogens is 283 g/mol. The summed E-state index contributed by atoms with van der Waals surface area (Å²) in [7, 11) is 0. The lowest BCUT2D eigenvalue weighted by molar-refractivity contribution is 0.289. The first-order chi connectivity index (χ1) is 9.20. The molecule has 0 radical (unpaired) electrons. The number of ether oxygens (including phenoxy) is 1. The zero-order chi connectivity index (χ0) is 13.7. The number of benzene rings is 1. The predicted molar refractivity (Wildman–Crippen MR) is 76.8 cm³/mol. The molecular formula is C14H14Cl2N2O. The zero-order valence-electron chi connectivity index (χ0n) is 10.6. The standard InChI is InChI=1S/C14H14Cl2N2O/c1-2-4-12-13(16)17-9-18-14(12)19-8-10-5-3-6-11(15)7-10/h3,5-7,9H,2,4,8H2,1H3. The summed E-state index contributed by atoms with van der Waals surface area (Å²) in [6, 6.07) is 7.54. The summed E-state index contributed by atoms with van der Waals surface area (Å²) in [5.74, 6) is 0.543. The minimum absolute atomic E-state index is 0.407. The van der Waals surface area contributed by atoms with Crippen molar-refractivity contribution in [3.05, 3.63) is 51.9 Å². The summed E-state index contributed by atoms with van der Waals surface area (Å²) in [5, 5.41) is 1.15. The Balaban J connectivity index is 2.13. The summed E-state index contributed by atoms with van der Waals surface area (Å²) in [4.78, 5) is 8.13. The second-order valence-corrected chi connectivity index (χ2v) is 4.91. The van der Waals surface area contributed by atoms with Crippen molar-refractivity contribution >= 4 is 23.2 Å². The van der Waals surface area contributed by atoms with E-state index < -0.39 is 0 Å². The molecule has 0 N–H and O–H groups in total. The lowest BCUT2D eigenvalue weighted by Gasteiger charge is -2.10. The molecule has 0 amide bonds. The fourth-order valence-electron chi connectivity index (χ4n) is 1.74. The average molecular weight is 297 g/mol. The van der Waals surface area contributed by atoms with Crippen LogP contribution in [-0.2, 0) is 13.0 Å². The molecule has 0 aliphatic carbocycles. The minimum Gasteiger partial charge on any atom is -0.472 e. The monoisotopic (exact) mass is 296 g/mol. The lowest BCUT2D eigenvalue weighted by Crippen LogP contribution is -2.02. The van der Waals surface area contributed by atoms with Crippen molar-refractivity contribution in [3.8, 4) is 5.88 Å². The van der Waals surface area contributed by atoms with E-state index in [-0.39, 0.29) is 0 Å². The first-order valence-corrected chi connectivity index (χ1v) is 6.83. The topological polar surface area (TPSA) is 35.0 Å². The molecule has 0 bridgehead atoms. The van der Waals surface area contributed by atoms with Crippen LogP contribution in [0.25, 0.3) is 0 Å². The molecule has 0 aliphatic heterocycles. The highest BCUT2D eigenvalue weighted by atomic mass is 35.5. The largest absolute Gasteiger partial charge is 0.472 e. The summed E-state index contributed by atoms with van der Waals surface area (Å²) >= 11 is 12.0. The summed E-state index contributed by atoms with van der Waals surface area (Å²) in [5.41, 5.74) is 1.85. The molecule has 0 saturated carbocycles. The second kappa shape index (κ2) is 6.73. The van der Waals surface area contributed by atoms with Crippen LogP contribution >= 0.6 is 23.2 Å². The number of nitrogens with zero attached hydrogens (tertiary/aromatic N) is 2. The van der Waals surface area contributed by atoms with E-state index in [1.165, 1.54) is 6.33 Å². The van der Waals surface area contributed by atoms with E-state index in [1.807, 2.05) is 24.3 Å². The number of hydrogen-bond acceptors (Lipinski definition) is 3. The van der Waals surface area contributed by atoms with Gasteiger partial charge in [-0.25, -0.2) is 9.97 Å². The molecule has 3 nitrogen and oxygen atoms in total. The molecule has 5 heteroatoms. The molecule has 1 heterocycles. The third-order valence-electron chi connectivity index (χ3n) is 2.62. The Hall–Kier alpha value is -1.32. The Labute approximate surface area is 122 Å². The smallest absolute Gasteiger partial charge is 0.221 e. The van der Waals surface area contributed by atoms with E-state index >= 15 is 0 Å². The molecule has 0 aliphatic rings. The maximum Gasteiger partial charge on any atom is 0.221 e. The van der Waals surface area contributed by atoms with E-state index in [4.69, 9.17) is 27.9 Å². The van der Waals surface area contributed by atoms with Crippen LogP contribution in [0.15, 0.2) is 30.6 Å². The Morgan fingerprint density at radius 1 is 1.21 bits per heavy atom. The third-order valence-corrected chi connectivity index (χ3v) is 3.18. The first kappa shape index (κ1) is 14.1. The average Bonchev–Trinajstić information content (AvgIpc) is 2.40. The zero-order valence-corrected chi connectivity index (χ0v) is 12.1. The molecule has 1 aromatic heterocycles. The quantitative estimate of drug-likeness (QED) is 0.771. The van der Waals surface area contributed by atoms with Crippen molar-refractivity contribution < 1.29 is 4.74 Å². The van der Waals surface area contributed by atoms with Gasteiger partial charge in [0.05, 0.1) is 5.56 Å². The van der Waals surface area contributed by atoms with Gasteiger partial charge in [-0.1, -0.05) is 48.7 Å². The van der Waals surface area contributed by atoms with Gasteiger partial charge in [0, 0.05) is 5.02 Å². The normalized spacial score (nSPS) is 10.5. The minimum atomic E-state index is 0.407. The van der Waals surface area contributed by atoms with Crippen LogP contribution in [0.5, 0.6) is 5.88 Å². The van der Waals surface area contributed by atoms with Gasteiger partial charge in [-0.2, -0.15) is 0 Å². The molecule has 100 valence electrons. The van der Waals surface area contributed by atoms with Crippen LogP contribution in [-0.4, -0.2) is 9.97 Å². The van der Waals surface area contributed by atoms with E-state index in [9.17, 15) is 0 Å². The fourth-order valence-corrected chi connectivity index (χ4v) is 2.17. The van der Waals surface area contributed by atoms with Gasteiger partial charge in [-0.15, -0.1) is 0 Å². The molecule has 2 aromatic rings. The van der Waals surface area contributed by atoms with Gasteiger partial charge in [0.25, 0.3) is 0 Å². The summed E-state index contributed by atoms with van der Waals surface area (Å²) in [6.45, 7) is 2.48. The van der Waals surface area contributed by atoms with E-state index in [0.29, 0.717) is 22.7 Å². The van der Waals surface area contributed by atoms with Crippen LogP contribution in [0.2, 0.25) is 10.2 Å². The van der Waals surface area contributed by atoms with Gasteiger partial charge in [0.2, 0.25) is 5.88 Å². The van der Waals surface area contributed by atoms with Gasteiger partial charge >= 0.3 is 0 Å². The van der Waals surface area contributed by atoms with Crippen molar-refractivity contribution in [2.45, 2.75) is 26.4 Å². The fraction of sp³-hybridized carbons (Fsp3) is 0.286. The van der Waals surface area contributed by atoms with Crippen molar-refractivity contribution in [2.24, 2.45) is 0 Å². The van der Waals surface area contributed by atoms with Crippen molar-refractivity contribution in [1.29, 1.82) is 0 Å². The summed E-state index contributed by atoms with van der Waals surface area (Å²) in [6.07, 6.45) is 3.17. The molecule has 0 fully saturated rings. The predicted octanol–water partition coefficient (Wildman–Crippen LogP) is 4.31.